The molecule has 8 nitrogen and oxygen atoms in total. The fraction of sp³-hybridized carbons (Fsp3) is 0.667. The number of likely N-dealkylation sites (N-methyl/N-ethyl adjacent to an activating group) is 1. The van der Waals surface area contributed by atoms with Crippen molar-refractivity contribution in [1.29, 1.82) is 0 Å². The van der Waals surface area contributed by atoms with Crippen molar-refractivity contribution in [2.24, 2.45) is 5.14 Å². The van der Waals surface area contributed by atoms with Crippen molar-refractivity contribution in [1.82, 2.24) is 9.62 Å². The lowest BCUT2D eigenvalue weighted by Crippen LogP contribution is -2.43. The van der Waals surface area contributed by atoms with E-state index in [9.17, 15) is 16.8 Å². The highest BCUT2D eigenvalue weighted by atomic mass is 32.3. The topological polar surface area (TPSA) is 119 Å². The zero-order chi connectivity index (χ0) is 22.6. The predicted octanol–water partition coefficient (Wildman–Crippen LogP) is 0.0869. The highest BCUT2D eigenvalue weighted by Crippen LogP contribution is 2.39. The zero-order valence-electron chi connectivity index (χ0n) is 18.4. The summed E-state index contributed by atoms with van der Waals surface area (Å²) in [5, 5.41) is 7.15. The van der Waals surface area contributed by atoms with Crippen molar-refractivity contribution in [3.05, 3.63) is 11.6 Å². The van der Waals surface area contributed by atoms with Gasteiger partial charge in [-0.05, 0) is 19.0 Å². The Morgan fingerprint density at radius 2 is 2.43 bits per heavy atom. The first-order chi connectivity index (χ1) is 12.9. The molecule has 1 aromatic rings. The summed E-state index contributed by atoms with van der Waals surface area (Å²) in [4.78, 5) is 0. The summed E-state index contributed by atoms with van der Waals surface area (Å²) < 4.78 is 102. The van der Waals surface area contributed by atoms with Gasteiger partial charge in [0.2, 0.25) is 10.0 Å². The maximum Gasteiger partial charge on any atom is 0.252 e. The molecule has 0 aliphatic carbocycles. The summed E-state index contributed by atoms with van der Waals surface area (Å²) in [5.41, 5.74) is -0.801. The van der Waals surface area contributed by atoms with E-state index in [1.165, 1.54) is 7.11 Å². The second kappa shape index (κ2) is 7.13. The van der Waals surface area contributed by atoms with Crippen molar-refractivity contribution >= 4 is 31.4 Å². The number of hydrogen-bond acceptors (Lipinski definition) is 7. The third kappa shape index (κ3) is 3.92. The number of nitrogens with two attached hydrogens (primary N) is 1. The Balaban J connectivity index is 2.89. The molecule has 1 aliphatic rings. The van der Waals surface area contributed by atoms with E-state index >= 15 is 0 Å². The van der Waals surface area contributed by atoms with Gasteiger partial charge in [-0.1, -0.05) is 6.92 Å². The van der Waals surface area contributed by atoms with Crippen molar-refractivity contribution in [2.75, 3.05) is 33.3 Å². The minimum atomic E-state index is -4.66. The number of methoxy groups -OCH3 is 1. The summed E-state index contributed by atoms with van der Waals surface area (Å²) in [5.74, 6) is 0. The van der Waals surface area contributed by atoms with E-state index in [0.29, 0.717) is 4.31 Å². The lowest BCUT2D eigenvalue weighted by molar-refractivity contribution is 0.185. The van der Waals surface area contributed by atoms with Gasteiger partial charge < -0.3 is 10.1 Å². The molecule has 23 heavy (non-hydrogen) atoms. The van der Waals surface area contributed by atoms with E-state index < -0.39 is 65.6 Å². The number of ether oxygens (including phenoxy) is 1. The van der Waals surface area contributed by atoms with Gasteiger partial charge >= 0.3 is 0 Å². The number of fused-ring (bicyclic) bond motifs is 1. The highest BCUT2D eigenvalue weighted by molar-refractivity contribution is 7.94. The minimum absolute atomic E-state index is 0.0564. The van der Waals surface area contributed by atoms with Gasteiger partial charge in [0.15, 0.2) is 0 Å². The smallest absolute Gasteiger partial charge is 0.252 e. The van der Waals surface area contributed by atoms with Gasteiger partial charge in [0.25, 0.3) is 10.0 Å². The minimum Gasteiger partial charge on any atom is -0.385 e. The average Bonchev–Trinajstić information content (AvgIpc) is 2.87. The van der Waals surface area contributed by atoms with Gasteiger partial charge in [-0.25, -0.2) is 22.0 Å². The summed E-state index contributed by atoms with van der Waals surface area (Å²) in [6.45, 7) is -4.82. The number of nitrogens with zero attached hydrogens (tertiary/aromatic N) is 1. The SMILES string of the molecule is [2H]c1c(S(N)(=O)=O)sc2c1[C@@]([2H])(NC([2H])([2H])C)C([2H])([2H])N(CCCOC)S2(=O)=O. The number of primary sulfonamides is 1. The van der Waals surface area contributed by atoms with E-state index in [0.717, 1.165) is 6.92 Å². The number of thiophene rings is 1. The third-order valence-corrected chi connectivity index (χ3v) is 7.50. The lowest BCUT2D eigenvalue weighted by Gasteiger charge is -2.32. The normalized spacial score (nSPS) is 31.1. The number of rotatable bonds is 7. The van der Waals surface area contributed by atoms with E-state index in [1.54, 1.807) is 0 Å². The fourth-order valence-corrected chi connectivity index (χ4v) is 5.70. The maximum absolute atomic E-state index is 13.1. The number of sulfonamides is 2. The Labute approximate surface area is 149 Å². The van der Waals surface area contributed by atoms with Crippen molar-refractivity contribution in [3.8, 4) is 0 Å². The molecule has 0 unspecified atom stereocenters. The number of hydrogen-bond donors (Lipinski definition) is 2. The molecule has 0 saturated heterocycles. The molecule has 0 amide bonds. The Morgan fingerprint density at radius 1 is 1.74 bits per heavy atom. The van der Waals surface area contributed by atoms with Gasteiger partial charge in [-0.2, -0.15) is 4.31 Å². The molecular weight excluding hydrogens is 362 g/mol. The Morgan fingerprint density at radius 3 is 3.00 bits per heavy atom. The zero-order valence-corrected chi connectivity index (χ0v) is 14.9. The summed E-state index contributed by atoms with van der Waals surface area (Å²) in [7, 11) is -7.84. The van der Waals surface area contributed by atoms with Crippen LogP contribution in [-0.2, 0) is 24.8 Å². The predicted molar refractivity (Wildman–Crippen MR) is 87.4 cm³/mol. The molecule has 132 valence electrons. The van der Waals surface area contributed by atoms with Crippen LogP contribution in [0, 0.1) is 0 Å². The summed E-state index contributed by atoms with van der Waals surface area (Å²) in [6.07, 6.45) is 0.0564. The van der Waals surface area contributed by atoms with Crippen LogP contribution in [0.2, 0.25) is 0 Å². The monoisotopic (exact) mass is 389 g/mol. The molecule has 0 radical (unpaired) electrons. The highest BCUT2D eigenvalue weighted by Gasteiger charge is 2.39. The van der Waals surface area contributed by atoms with Crippen LogP contribution in [0.1, 0.15) is 33.2 Å². The van der Waals surface area contributed by atoms with Gasteiger partial charge in [0.1, 0.15) is 8.42 Å². The van der Waals surface area contributed by atoms with Gasteiger partial charge in [-0.3, -0.25) is 0 Å². The van der Waals surface area contributed by atoms with Crippen LogP contribution in [0.15, 0.2) is 14.5 Å². The molecule has 0 fully saturated rings. The summed E-state index contributed by atoms with van der Waals surface area (Å²) >= 11 is 0.137. The van der Waals surface area contributed by atoms with E-state index in [2.05, 4.69) is 5.32 Å². The van der Waals surface area contributed by atoms with Gasteiger partial charge in [0.05, 0.1) is 2.74 Å². The molecule has 0 aromatic carbocycles. The molecule has 0 bridgehead atoms. The van der Waals surface area contributed by atoms with Crippen LogP contribution >= 0.6 is 11.3 Å². The van der Waals surface area contributed by atoms with Crippen LogP contribution < -0.4 is 10.5 Å². The molecule has 2 rings (SSSR count). The molecule has 3 N–H and O–H groups in total. The standard InChI is InChI=1S/C12H21N3O5S3/c1-3-14-10-8-15(5-4-6-20-2)23(18,19)12-9(10)7-11(21-12)22(13,16)17/h7,10,14H,3-6,8H2,1-2H3,(H2,13,16,17)/t10-/m0/s1/i3D2,7D,8D2,10D. The van der Waals surface area contributed by atoms with Crippen LogP contribution in [-0.4, -0.2) is 54.4 Å². The average molecular weight is 390 g/mol. The fourth-order valence-electron chi connectivity index (χ4n) is 1.87. The first-order valence-corrected chi connectivity index (χ1v) is 10.2. The largest absolute Gasteiger partial charge is 0.385 e. The first-order valence-electron chi connectivity index (χ1n) is 9.39. The molecule has 0 spiro atoms. The summed E-state index contributed by atoms with van der Waals surface area (Å²) in [6, 6.07) is -3.79. The second-order valence-corrected chi connectivity index (χ2v) is 9.34. The van der Waals surface area contributed by atoms with E-state index in [-0.39, 0.29) is 24.4 Å². The molecule has 11 heteroatoms. The second-order valence-electron chi connectivity index (χ2n) is 4.51. The lowest BCUT2D eigenvalue weighted by atomic mass is 10.1. The molecule has 1 atom stereocenters. The van der Waals surface area contributed by atoms with E-state index in [4.69, 9.17) is 18.1 Å². The molecule has 1 aromatic heterocycles. The molecule has 2 heterocycles. The van der Waals surface area contributed by atoms with Crippen LogP contribution in [0.4, 0.5) is 0 Å². The van der Waals surface area contributed by atoms with Crippen LogP contribution in [0.25, 0.3) is 0 Å². The third-order valence-electron chi connectivity index (χ3n) is 2.85. The van der Waals surface area contributed by atoms with Crippen molar-refractivity contribution < 1.29 is 29.8 Å². The van der Waals surface area contributed by atoms with Crippen LogP contribution in [0.3, 0.4) is 0 Å². The first kappa shape index (κ1) is 11.9. The van der Waals surface area contributed by atoms with Gasteiger partial charge in [-0.15, -0.1) is 11.3 Å². The Hall–Kier alpha value is -0.560. The van der Waals surface area contributed by atoms with Crippen LogP contribution in [0.5, 0.6) is 0 Å². The number of nitrogens with one attached hydrogen (secondary N) is 1. The maximum atomic E-state index is 13.1. The molecule has 0 saturated carbocycles. The molecule has 1 aliphatic heterocycles. The quantitative estimate of drug-likeness (QED) is 0.638. The molecular formula is C12H21N3O5S3. The van der Waals surface area contributed by atoms with Crippen molar-refractivity contribution in [3.63, 3.8) is 0 Å². The van der Waals surface area contributed by atoms with Crippen molar-refractivity contribution in [2.45, 2.75) is 27.8 Å². The van der Waals surface area contributed by atoms with Gasteiger partial charge in [0, 0.05) is 43.8 Å². The Kier molecular flexibility index (Phi) is 3.69. The van der Waals surface area contributed by atoms with E-state index in [1.807, 2.05) is 0 Å². The Bertz CT molecular complexity index is 1010.